The second-order valence-corrected chi connectivity index (χ2v) is 5.81. The van der Waals surface area contributed by atoms with E-state index in [4.69, 9.17) is 21.1 Å². The van der Waals surface area contributed by atoms with E-state index in [9.17, 15) is 4.79 Å². The summed E-state index contributed by atoms with van der Waals surface area (Å²) in [4.78, 5) is 18.5. The van der Waals surface area contributed by atoms with Crippen LogP contribution >= 0.6 is 11.6 Å². The summed E-state index contributed by atoms with van der Waals surface area (Å²) in [5.41, 5.74) is 3.73. The van der Waals surface area contributed by atoms with Crippen molar-refractivity contribution in [3.8, 4) is 16.9 Å². The molecule has 6 nitrogen and oxygen atoms in total. The summed E-state index contributed by atoms with van der Waals surface area (Å²) in [6.07, 6.45) is 4.24. The van der Waals surface area contributed by atoms with Crippen LogP contribution in [0.3, 0.4) is 0 Å². The molecule has 0 atom stereocenters. The summed E-state index contributed by atoms with van der Waals surface area (Å²) in [6, 6.07) is 5.28. The molecule has 0 saturated heterocycles. The molecule has 0 aliphatic rings. The molecule has 0 amide bonds. The van der Waals surface area contributed by atoms with E-state index in [1.165, 1.54) is 0 Å². The first-order chi connectivity index (χ1) is 12.2. The summed E-state index contributed by atoms with van der Waals surface area (Å²) in [5, 5.41) is 4.75. The average Bonchev–Trinajstić information content (AvgIpc) is 3.03. The van der Waals surface area contributed by atoms with Gasteiger partial charge >= 0.3 is 0 Å². The van der Waals surface area contributed by atoms with Crippen molar-refractivity contribution in [2.45, 2.75) is 0 Å². The number of pyridine rings is 1. The highest BCUT2D eigenvalue weighted by Crippen LogP contribution is 2.40. The monoisotopic (exact) mass is 359 g/mol. The van der Waals surface area contributed by atoms with Crippen molar-refractivity contribution < 1.29 is 14.3 Å². The summed E-state index contributed by atoms with van der Waals surface area (Å²) >= 11 is 6.35. The molecule has 2 heterocycles. The van der Waals surface area contributed by atoms with Crippen molar-refractivity contribution >= 4 is 34.6 Å². The van der Waals surface area contributed by atoms with Crippen LogP contribution in [0, 0.1) is 0 Å². The first-order valence-electron chi connectivity index (χ1n) is 7.71. The molecule has 7 heteroatoms. The van der Waals surface area contributed by atoms with Gasteiger partial charge in [-0.15, -0.1) is 0 Å². The quantitative estimate of drug-likeness (QED) is 0.496. The van der Waals surface area contributed by atoms with Gasteiger partial charge in [-0.1, -0.05) is 17.7 Å². The normalized spacial score (nSPS) is 10.8. The molecule has 3 rings (SSSR count). The van der Waals surface area contributed by atoms with Gasteiger partial charge in [0.15, 0.2) is 0 Å². The molecule has 2 N–H and O–H groups in total. The van der Waals surface area contributed by atoms with Crippen LogP contribution in [0.1, 0.15) is 10.4 Å². The molecule has 0 spiro atoms. The Kier molecular flexibility index (Phi) is 5.21. The van der Waals surface area contributed by atoms with Gasteiger partial charge in [-0.2, -0.15) is 0 Å². The largest absolute Gasteiger partial charge is 0.496 e. The van der Waals surface area contributed by atoms with Crippen molar-refractivity contribution in [1.29, 1.82) is 0 Å². The number of aromatic nitrogens is 2. The Morgan fingerprint density at radius 2 is 2.16 bits per heavy atom. The zero-order valence-corrected chi connectivity index (χ0v) is 14.7. The lowest BCUT2D eigenvalue weighted by Crippen LogP contribution is -2.09. The highest BCUT2D eigenvalue weighted by atomic mass is 35.5. The minimum Gasteiger partial charge on any atom is -0.496 e. The van der Waals surface area contributed by atoms with E-state index in [2.05, 4.69) is 15.3 Å². The van der Waals surface area contributed by atoms with Gasteiger partial charge < -0.3 is 19.8 Å². The number of halogens is 1. The average molecular weight is 360 g/mol. The fourth-order valence-corrected chi connectivity index (χ4v) is 2.97. The van der Waals surface area contributed by atoms with E-state index < -0.39 is 0 Å². The van der Waals surface area contributed by atoms with Crippen molar-refractivity contribution in [3.05, 3.63) is 41.2 Å². The SMILES string of the molecule is COCCNc1c(-c2ccc(C=O)cc2OC)cnc2[nH]cc(Cl)c12. The second-order valence-electron chi connectivity index (χ2n) is 5.40. The number of carbonyl (C=O) groups is 1. The lowest BCUT2D eigenvalue weighted by atomic mass is 10.0. The molecule has 0 saturated carbocycles. The summed E-state index contributed by atoms with van der Waals surface area (Å²) in [5.74, 6) is 0.590. The van der Waals surface area contributed by atoms with Gasteiger partial charge in [-0.25, -0.2) is 4.98 Å². The zero-order chi connectivity index (χ0) is 17.8. The van der Waals surface area contributed by atoms with Crippen LogP contribution in [0.5, 0.6) is 5.75 Å². The number of carbonyl (C=O) groups excluding carboxylic acids is 1. The predicted molar refractivity (Wildman–Crippen MR) is 98.8 cm³/mol. The number of aromatic amines is 1. The molecule has 25 heavy (non-hydrogen) atoms. The summed E-state index contributed by atoms with van der Waals surface area (Å²) < 4.78 is 10.6. The number of aldehydes is 1. The first kappa shape index (κ1) is 17.3. The van der Waals surface area contributed by atoms with E-state index in [-0.39, 0.29) is 0 Å². The van der Waals surface area contributed by atoms with Gasteiger partial charge in [0, 0.05) is 42.7 Å². The Morgan fingerprint density at radius 3 is 2.88 bits per heavy atom. The van der Waals surface area contributed by atoms with Crippen molar-refractivity contribution in [1.82, 2.24) is 9.97 Å². The molecule has 1 aromatic carbocycles. The van der Waals surface area contributed by atoms with Crippen LogP contribution < -0.4 is 10.1 Å². The van der Waals surface area contributed by atoms with Crippen molar-refractivity contribution in [3.63, 3.8) is 0 Å². The first-order valence-corrected chi connectivity index (χ1v) is 8.09. The maximum atomic E-state index is 11.0. The lowest BCUT2D eigenvalue weighted by molar-refractivity contribution is 0.112. The summed E-state index contributed by atoms with van der Waals surface area (Å²) in [6.45, 7) is 1.16. The fourth-order valence-electron chi connectivity index (χ4n) is 2.73. The Balaban J connectivity index is 2.19. The molecule has 0 aliphatic heterocycles. The maximum absolute atomic E-state index is 11.0. The van der Waals surface area contributed by atoms with E-state index in [0.717, 1.165) is 28.5 Å². The highest BCUT2D eigenvalue weighted by Gasteiger charge is 2.17. The number of ether oxygens (including phenoxy) is 2. The van der Waals surface area contributed by atoms with Crippen LogP contribution in [0.2, 0.25) is 5.02 Å². The molecule has 2 aromatic heterocycles. The predicted octanol–water partition coefficient (Wildman–Crippen LogP) is 3.76. The Hall–Kier alpha value is -2.57. The Bertz CT molecular complexity index is 908. The van der Waals surface area contributed by atoms with E-state index in [0.29, 0.717) is 35.1 Å². The molecule has 3 aromatic rings. The van der Waals surface area contributed by atoms with Crippen LogP contribution in [-0.2, 0) is 4.74 Å². The number of hydrogen-bond acceptors (Lipinski definition) is 5. The van der Waals surface area contributed by atoms with E-state index in [1.54, 1.807) is 38.7 Å². The number of benzene rings is 1. The Morgan fingerprint density at radius 1 is 1.32 bits per heavy atom. The molecule has 0 unspecified atom stereocenters. The standard InChI is InChI=1S/C18H18ClN3O3/c1-24-6-5-20-17-13(8-21-18-16(17)14(19)9-22-18)12-4-3-11(10-23)7-15(12)25-2/h3-4,7-10H,5-6H2,1-2H3,(H2,20,21,22). The number of nitrogens with one attached hydrogen (secondary N) is 2. The van der Waals surface area contributed by atoms with E-state index >= 15 is 0 Å². The third-order valence-corrected chi connectivity index (χ3v) is 4.21. The number of methoxy groups -OCH3 is 2. The third kappa shape index (κ3) is 3.31. The second kappa shape index (κ2) is 7.55. The van der Waals surface area contributed by atoms with Gasteiger partial charge in [-0.05, 0) is 12.1 Å². The van der Waals surface area contributed by atoms with Crippen LogP contribution in [0.15, 0.2) is 30.6 Å². The molecule has 0 aliphatic carbocycles. The third-order valence-electron chi connectivity index (χ3n) is 3.91. The number of hydrogen-bond donors (Lipinski definition) is 2. The minimum absolute atomic E-state index is 0.545. The number of nitrogens with zero attached hydrogens (tertiary/aromatic N) is 1. The van der Waals surface area contributed by atoms with Gasteiger partial charge in [0.2, 0.25) is 0 Å². The number of rotatable bonds is 7. The zero-order valence-electron chi connectivity index (χ0n) is 13.9. The highest BCUT2D eigenvalue weighted by molar-refractivity contribution is 6.36. The topological polar surface area (TPSA) is 76.2 Å². The van der Waals surface area contributed by atoms with Crippen LogP contribution in [0.4, 0.5) is 5.69 Å². The van der Waals surface area contributed by atoms with Gasteiger partial charge in [0.1, 0.15) is 17.7 Å². The molecule has 130 valence electrons. The van der Waals surface area contributed by atoms with Gasteiger partial charge in [0.25, 0.3) is 0 Å². The van der Waals surface area contributed by atoms with Crippen molar-refractivity contribution in [2.75, 3.05) is 32.7 Å². The van der Waals surface area contributed by atoms with Crippen LogP contribution in [-0.4, -0.2) is 43.6 Å². The number of H-pyrrole nitrogens is 1. The molecular weight excluding hydrogens is 342 g/mol. The minimum atomic E-state index is 0.545. The maximum Gasteiger partial charge on any atom is 0.150 e. The Labute approximate surface area is 150 Å². The molecule has 0 fully saturated rings. The fraction of sp³-hybridized carbons (Fsp3) is 0.222. The van der Waals surface area contributed by atoms with Crippen LogP contribution in [0.25, 0.3) is 22.2 Å². The summed E-state index contributed by atoms with van der Waals surface area (Å²) in [7, 11) is 3.22. The molecule has 0 radical (unpaired) electrons. The van der Waals surface area contributed by atoms with Gasteiger partial charge in [0.05, 0.1) is 29.8 Å². The van der Waals surface area contributed by atoms with Gasteiger partial charge in [-0.3, -0.25) is 4.79 Å². The van der Waals surface area contributed by atoms with E-state index in [1.807, 2.05) is 6.07 Å². The number of fused-ring (bicyclic) bond motifs is 1. The molecular formula is C18H18ClN3O3. The molecule has 0 bridgehead atoms. The lowest BCUT2D eigenvalue weighted by Gasteiger charge is -2.16. The number of anilines is 1. The smallest absolute Gasteiger partial charge is 0.150 e. The van der Waals surface area contributed by atoms with Crippen molar-refractivity contribution in [2.24, 2.45) is 0 Å².